The summed E-state index contributed by atoms with van der Waals surface area (Å²) in [6, 6.07) is 9.86. The lowest BCUT2D eigenvalue weighted by Gasteiger charge is -2.18. The van der Waals surface area contributed by atoms with Gasteiger partial charge in [-0.25, -0.2) is 0 Å². The van der Waals surface area contributed by atoms with Crippen LogP contribution in [0.3, 0.4) is 0 Å². The van der Waals surface area contributed by atoms with Gasteiger partial charge in [-0.1, -0.05) is 35.4 Å². The van der Waals surface area contributed by atoms with E-state index in [1.807, 2.05) is 37.3 Å². The minimum Gasteiger partial charge on any atom is -0.327 e. The molecule has 4 heteroatoms. The second-order valence-electron chi connectivity index (χ2n) is 3.29. The molecule has 0 saturated carbocycles. The Hall–Kier alpha value is -1.51. The van der Waals surface area contributed by atoms with Gasteiger partial charge in [0.25, 0.3) is 0 Å². The van der Waals surface area contributed by atoms with Gasteiger partial charge < -0.3 is 5.73 Å². The first-order valence-electron chi connectivity index (χ1n) is 4.57. The minimum absolute atomic E-state index is 0.0112. The van der Waals surface area contributed by atoms with Gasteiger partial charge in [-0.3, -0.25) is 0 Å². The summed E-state index contributed by atoms with van der Waals surface area (Å²) in [4.78, 5) is 2.75. The topological polar surface area (TPSA) is 74.8 Å². The Morgan fingerprint density at radius 2 is 2.07 bits per heavy atom. The van der Waals surface area contributed by atoms with E-state index in [1.165, 1.54) is 0 Å². The molecule has 0 fully saturated rings. The van der Waals surface area contributed by atoms with Gasteiger partial charge in [0.2, 0.25) is 0 Å². The highest BCUT2D eigenvalue weighted by atomic mass is 15.1. The number of benzene rings is 1. The summed E-state index contributed by atoms with van der Waals surface area (Å²) in [5.74, 6) is 0.104. The van der Waals surface area contributed by atoms with Crippen LogP contribution in [0.15, 0.2) is 35.4 Å². The summed E-state index contributed by atoms with van der Waals surface area (Å²) in [5, 5.41) is 3.57. The van der Waals surface area contributed by atoms with Crippen LogP contribution < -0.4 is 5.73 Å². The summed E-state index contributed by atoms with van der Waals surface area (Å²) >= 11 is 0. The number of nitrogens with zero attached hydrogens (tertiary/aromatic N) is 3. The zero-order chi connectivity index (χ0) is 10.4. The Bertz CT molecular complexity index is 314. The molecule has 1 aromatic rings. The molecule has 2 atom stereocenters. The molecule has 0 aliphatic rings. The molecule has 0 saturated heterocycles. The van der Waals surface area contributed by atoms with Crippen LogP contribution in [0.5, 0.6) is 0 Å². The summed E-state index contributed by atoms with van der Waals surface area (Å²) in [5.41, 5.74) is 15.2. The van der Waals surface area contributed by atoms with E-state index in [4.69, 9.17) is 11.3 Å². The maximum atomic E-state index is 8.26. The molecular weight excluding hydrogens is 176 g/mol. The van der Waals surface area contributed by atoms with E-state index in [-0.39, 0.29) is 12.0 Å². The van der Waals surface area contributed by atoms with Crippen molar-refractivity contribution in [2.75, 3.05) is 6.54 Å². The predicted octanol–water partition coefficient (Wildman–Crippen LogP) is 2.43. The normalized spacial score (nSPS) is 14.1. The van der Waals surface area contributed by atoms with Crippen LogP contribution in [-0.4, -0.2) is 12.6 Å². The molecule has 0 aromatic heterocycles. The maximum absolute atomic E-state index is 8.26. The van der Waals surface area contributed by atoms with Gasteiger partial charge in [0.05, 0.1) is 0 Å². The van der Waals surface area contributed by atoms with Crippen molar-refractivity contribution < 1.29 is 0 Å². The van der Waals surface area contributed by atoms with Crippen LogP contribution in [0.1, 0.15) is 18.4 Å². The van der Waals surface area contributed by atoms with Crippen LogP contribution >= 0.6 is 0 Å². The molecule has 0 aliphatic heterocycles. The number of nitrogens with two attached hydrogens (primary N) is 1. The summed E-state index contributed by atoms with van der Waals surface area (Å²) < 4.78 is 0. The summed E-state index contributed by atoms with van der Waals surface area (Å²) in [7, 11) is 0. The van der Waals surface area contributed by atoms with Crippen LogP contribution in [0.25, 0.3) is 10.4 Å². The monoisotopic (exact) mass is 190 g/mol. The van der Waals surface area contributed by atoms with Gasteiger partial charge in [0.1, 0.15) is 0 Å². The second-order valence-corrected chi connectivity index (χ2v) is 3.29. The molecule has 1 rings (SSSR count). The van der Waals surface area contributed by atoms with Gasteiger partial charge in [-0.05, 0) is 18.0 Å². The van der Waals surface area contributed by atoms with Crippen molar-refractivity contribution >= 4 is 0 Å². The van der Waals surface area contributed by atoms with Crippen molar-refractivity contribution in [3.63, 3.8) is 0 Å². The van der Waals surface area contributed by atoms with Crippen molar-refractivity contribution in [3.8, 4) is 0 Å². The van der Waals surface area contributed by atoms with Gasteiger partial charge in [0.15, 0.2) is 0 Å². The lowest BCUT2D eigenvalue weighted by molar-refractivity contribution is 0.576. The number of azide groups is 1. The Kier molecular flexibility index (Phi) is 3.98. The summed E-state index contributed by atoms with van der Waals surface area (Å²) in [6.07, 6.45) is 0. The van der Waals surface area contributed by atoms with Crippen LogP contribution in [0.2, 0.25) is 0 Å². The van der Waals surface area contributed by atoms with Crippen molar-refractivity contribution in [1.29, 1.82) is 0 Å². The van der Waals surface area contributed by atoms with E-state index < -0.39 is 0 Å². The average molecular weight is 190 g/mol. The molecule has 1 aromatic carbocycles. The molecule has 4 nitrogen and oxygen atoms in total. The van der Waals surface area contributed by atoms with Crippen molar-refractivity contribution in [1.82, 2.24) is 0 Å². The molecule has 0 amide bonds. The fourth-order valence-corrected chi connectivity index (χ4v) is 1.40. The highest BCUT2D eigenvalue weighted by Crippen LogP contribution is 2.18. The van der Waals surface area contributed by atoms with Crippen LogP contribution in [-0.2, 0) is 0 Å². The molecule has 0 radical (unpaired) electrons. The Balaban J connectivity index is 2.83. The molecule has 2 N–H and O–H groups in total. The van der Waals surface area contributed by atoms with Gasteiger partial charge >= 0.3 is 0 Å². The third-order valence-electron chi connectivity index (χ3n) is 2.20. The third kappa shape index (κ3) is 2.76. The minimum atomic E-state index is -0.0112. The predicted molar refractivity (Wildman–Crippen MR) is 56.8 cm³/mol. The second kappa shape index (κ2) is 5.27. The van der Waals surface area contributed by atoms with E-state index in [0.29, 0.717) is 6.54 Å². The largest absolute Gasteiger partial charge is 0.327 e. The molecule has 0 aliphatic carbocycles. The number of rotatable bonds is 4. The van der Waals surface area contributed by atoms with Crippen LogP contribution in [0.4, 0.5) is 0 Å². The maximum Gasteiger partial charge on any atom is 0.0341 e. The molecule has 0 bridgehead atoms. The lowest BCUT2D eigenvalue weighted by Crippen LogP contribution is -2.26. The lowest BCUT2D eigenvalue weighted by atomic mass is 9.93. The number of hydrogen-bond donors (Lipinski definition) is 1. The van der Waals surface area contributed by atoms with E-state index >= 15 is 0 Å². The van der Waals surface area contributed by atoms with E-state index in [9.17, 15) is 0 Å². The number of hydrogen-bond acceptors (Lipinski definition) is 2. The zero-order valence-corrected chi connectivity index (χ0v) is 8.17. The molecular formula is C10H14N4. The molecule has 74 valence electrons. The Labute approximate surface area is 83.4 Å². The quantitative estimate of drug-likeness (QED) is 0.442. The van der Waals surface area contributed by atoms with E-state index in [0.717, 1.165) is 5.56 Å². The zero-order valence-electron chi connectivity index (χ0n) is 8.17. The first-order chi connectivity index (χ1) is 6.75. The Morgan fingerprint density at radius 3 is 2.57 bits per heavy atom. The highest BCUT2D eigenvalue weighted by molar-refractivity contribution is 5.21. The smallest absolute Gasteiger partial charge is 0.0341 e. The fourth-order valence-electron chi connectivity index (χ4n) is 1.40. The fraction of sp³-hybridized carbons (Fsp3) is 0.400. The first kappa shape index (κ1) is 10.6. The van der Waals surface area contributed by atoms with Crippen molar-refractivity contribution in [3.05, 3.63) is 46.3 Å². The van der Waals surface area contributed by atoms with Crippen LogP contribution in [0, 0.1) is 0 Å². The molecule has 2 unspecified atom stereocenters. The van der Waals surface area contributed by atoms with Gasteiger partial charge in [-0.15, -0.1) is 0 Å². The Morgan fingerprint density at radius 1 is 1.43 bits per heavy atom. The van der Waals surface area contributed by atoms with E-state index in [1.54, 1.807) is 0 Å². The molecule has 0 spiro atoms. The average Bonchev–Trinajstić information content (AvgIpc) is 2.19. The summed E-state index contributed by atoms with van der Waals surface area (Å²) in [6.45, 7) is 2.34. The van der Waals surface area contributed by atoms with Gasteiger partial charge in [0, 0.05) is 23.4 Å². The van der Waals surface area contributed by atoms with E-state index in [2.05, 4.69) is 10.0 Å². The molecule has 14 heavy (non-hydrogen) atoms. The standard InChI is InChI=1S/C10H14N4/c1-8(11)10(7-13-14-12)9-5-3-2-4-6-9/h2-6,8,10H,7,11H2,1H3. The van der Waals surface area contributed by atoms with Crippen molar-refractivity contribution in [2.24, 2.45) is 10.8 Å². The third-order valence-corrected chi connectivity index (χ3v) is 2.20. The molecule has 0 heterocycles. The van der Waals surface area contributed by atoms with Crippen molar-refractivity contribution in [2.45, 2.75) is 18.9 Å². The first-order valence-corrected chi connectivity index (χ1v) is 4.57. The highest BCUT2D eigenvalue weighted by Gasteiger charge is 2.14. The van der Waals surface area contributed by atoms with Gasteiger partial charge in [-0.2, -0.15) is 0 Å². The SMILES string of the molecule is CC(N)C(CN=[N+]=[N-])c1ccccc1.